The minimum Gasteiger partial charge on any atom is -0.507 e. The average molecular weight is 619 g/mol. The summed E-state index contributed by atoms with van der Waals surface area (Å²) in [5, 5.41) is 10.8. The van der Waals surface area contributed by atoms with Crippen molar-refractivity contribution in [3.8, 4) is 22.6 Å². The normalized spacial score (nSPS) is 18.0. The Morgan fingerprint density at radius 3 is 2.59 bits per heavy atom. The van der Waals surface area contributed by atoms with Gasteiger partial charge in [0.05, 0.1) is 33.2 Å². The van der Waals surface area contributed by atoms with E-state index in [1.54, 1.807) is 17.2 Å². The van der Waals surface area contributed by atoms with Gasteiger partial charge in [-0.3, -0.25) is 19.1 Å². The number of hydrogen-bond acceptors (Lipinski definition) is 5. The number of anilines is 1. The van der Waals surface area contributed by atoms with E-state index in [1.165, 1.54) is 28.8 Å². The summed E-state index contributed by atoms with van der Waals surface area (Å²) in [6, 6.07) is 6.45. The van der Waals surface area contributed by atoms with Crippen molar-refractivity contribution in [2.75, 3.05) is 18.0 Å². The van der Waals surface area contributed by atoms with Gasteiger partial charge in [-0.05, 0) is 68.5 Å². The van der Waals surface area contributed by atoms with Crippen LogP contribution in [0.25, 0.3) is 27.7 Å². The third-order valence-corrected chi connectivity index (χ3v) is 9.27. The van der Waals surface area contributed by atoms with Crippen molar-refractivity contribution in [3.63, 3.8) is 0 Å². The van der Waals surface area contributed by atoms with Crippen LogP contribution in [0, 0.1) is 18.6 Å². The summed E-state index contributed by atoms with van der Waals surface area (Å²) in [6.45, 7) is 12.2. The number of benzene rings is 2. The number of piperazine rings is 1. The second-order valence-electron chi connectivity index (χ2n) is 12.0. The maximum atomic E-state index is 16.3. The van der Waals surface area contributed by atoms with Crippen molar-refractivity contribution in [3.05, 3.63) is 93.0 Å². The first-order valence-corrected chi connectivity index (χ1v) is 15.1. The fourth-order valence-corrected chi connectivity index (χ4v) is 7.21. The molecule has 44 heavy (non-hydrogen) atoms. The Bertz CT molecular complexity index is 1900. The van der Waals surface area contributed by atoms with E-state index in [4.69, 9.17) is 11.6 Å². The highest BCUT2D eigenvalue weighted by Crippen LogP contribution is 2.47. The molecule has 2 aliphatic heterocycles. The Kier molecular flexibility index (Phi) is 7.48. The van der Waals surface area contributed by atoms with Gasteiger partial charge in [0, 0.05) is 47.9 Å². The van der Waals surface area contributed by atoms with Crippen LogP contribution in [0.3, 0.4) is 0 Å². The number of hydrogen-bond donors (Lipinski definition) is 1. The molecule has 1 saturated heterocycles. The van der Waals surface area contributed by atoms with Crippen LogP contribution in [-0.2, 0) is 11.2 Å². The van der Waals surface area contributed by atoms with E-state index in [9.17, 15) is 14.7 Å². The first-order chi connectivity index (χ1) is 21.0. The predicted octanol–water partition coefficient (Wildman–Crippen LogP) is 6.66. The SMILES string of the molecule is C=CC(=O)N1CC2CCc3c(c4cc(F)c(-c5c(O)cccc5F)c(Cl)c4n(-c4c(C)ccnc4C(C)C)c3=O)N2CC1C. The number of amides is 1. The number of carbonyl (C=O) groups excluding carboxylic acids is 1. The number of phenolic OH excluding ortho intramolecular Hbond substituents is 1. The Hall–Kier alpha value is -4.24. The summed E-state index contributed by atoms with van der Waals surface area (Å²) in [5.41, 5.74) is 2.19. The molecule has 10 heteroatoms. The Morgan fingerprint density at radius 1 is 1.16 bits per heavy atom. The van der Waals surface area contributed by atoms with Crippen LogP contribution in [0.1, 0.15) is 49.9 Å². The molecule has 1 fully saturated rings. The standard InChI is InChI=1S/C34H33ClF2N4O3/c1-6-26(43)39-16-20-10-11-21-32(40(20)15-19(39)5)22-14-24(37)28(27-23(36)8-7-9-25(27)42)29(35)33(22)41(34(21)44)31-18(4)12-13-38-30(31)17(2)3/h6-9,12-14,17,19-20,42H,1,10-11,15-16H2,2-5H3. The predicted molar refractivity (Wildman–Crippen MR) is 169 cm³/mol. The topological polar surface area (TPSA) is 78.7 Å². The van der Waals surface area contributed by atoms with Crippen LogP contribution in [0.5, 0.6) is 5.75 Å². The highest BCUT2D eigenvalue weighted by Gasteiger charge is 2.40. The Balaban J connectivity index is 1.75. The van der Waals surface area contributed by atoms with Crippen LogP contribution >= 0.6 is 11.6 Å². The lowest BCUT2D eigenvalue weighted by Crippen LogP contribution is -2.60. The highest BCUT2D eigenvalue weighted by atomic mass is 35.5. The van der Waals surface area contributed by atoms with Crippen LogP contribution in [0.2, 0.25) is 5.02 Å². The van der Waals surface area contributed by atoms with Crippen molar-refractivity contribution >= 4 is 34.1 Å². The molecule has 0 saturated carbocycles. The van der Waals surface area contributed by atoms with Gasteiger partial charge in [-0.2, -0.15) is 0 Å². The molecule has 2 aromatic carbocycles. The smallest absolute Gasteiger partial charge is 0.261 e. The van der Waals surface area contributed by atoms with Crippen molar-refractivity contribution in [1.82, 2.24) is 14.5 Å². The lowest BCUT2D eigenvalue weighted by atomic mass is 9.89. The van der Waals surface area contributed by atoms with Gasteiger partial charge in [0.15, 0.2) is 0 Å². The largest absolute Gasteiger partial charge is 0.507 e. The van der Waals surface area contributed by atoms with Crippen LogP contribution in [0.15, 0.2) is 54.0 Å². The third kappa shape index (κ3) is 4.48. The number of pyridine rings is 2. The van der Waals surface area contributed by atoms with Gasteiger partial charge in [0.2, 0.25) is 5.91 Å². The fraction of sp³-hybridized carbons (Fsp3) is 0.324. The summed E-state index contributed by atoms with van der Waals surface area (Å²) in [5.74, 6) is -2.40. The number of carbonyl (C=O) groups is 1. The summed E-state index contributed by atoms with van der Waals surface area (Å²) >= 11 is 7.09. The lowest BCUT2D eigenvalue weighted by molar-refractivity contribution is -0.129. The molecule has 2 aromatic heterocycles. The lowest BCUT2D eigenvalue weighted by Gasteiger charge is -2.49. The number of phenols is 1. The minimum atomic E-state index is -0.852. The van der Waals surface area contributed by atoms with Crippen molar-refractivity contribution in [2.24, 2.45) is 0 Å². The first-order valence-electron chi connectivity index (χ1n) is 14.7. The molecule has 0 aliphatic carbocycles. The molecule has 2 atom stereocenters. The third-order valence-electron chi connectivity index (χ3n) is 8.90. The van der Waals surface area contributed by atoms with E-state index < -0.39 is 17.4 Å². The van der Waals surface area contributed by atoms with Crippen LogP contribution < -0.4 is 10.5 Å². The molecule has 4 heterocycles. The molecule has 1 amide bonds. The van der Waals surface area contributed by atoms with E-state index in [2.05, 4.69) is 16.5 Å². The molecule has 228 valence electrons. The molecule has 4 aromatic rings. The Labute approximate surface area is 259 Å². The number of halogens is 3. The summed E-state index contributed by atoms with van der Waals surface area (Å²) in [7, 11) is 0. The molecule has 0 radical (unpaired) electrons. The molecule has 0 spiro atoms. The van der Waals surface area contributed by atoms with Gasteiger partial charge in [-0.1, -0.05) is 38.1 Å². The van der Waals surface area contributed by atoms with Gasteiger partial charge >= 0.3 is 0 Å². The molecule has 2 unspecified atom stereocenters. The van der Waals surface area contributed by atoms with Gasteiger partial charge in [-0.25, -0.2) is 8.78 Å². The van der Waals surface area contributed by atoms with Crippen LogP contribution in [0.4, 0.5) is 14.5 Å². The zero-order valence-corrected chi connectivity index (χ0v) is 25.8. The zero-order chi connectivity index (χ0) is 31.6. The number of fused-ring (bicyclic) bond motifs is 5. The second-order valence-corrected chi connectivity index (χ2v) is 12.3. The second kappa shape index (κ2) is 11.0. The van der Waals surface area contributed by atoms with Crippen LogP contribution in [-0.4, -0.2) is 50.6 Å². The van der Waals surface area contributed by atoms with Crippen molar-refractivity contribution < 1.29 is 18.7 Å². The minimum absolute atomic E-state index is 0.0714. The first kappa shape index (κ1) is 29.8. The number of rotatable bonds is 4. The molecule has 6 rings (SSSR count). The van der Waals surface area contributed by atoms with Crippen molar-refractivity contribution in [1.29, 1.82) is 0 Å². The molecule has 0 bridgehead atoms. The highest BCUT2D eigenvalue weighted by molar-refractivity contribution is 6.38. The van der Waals surface area contributed by atoms with E-state index in [0.717, 1.165) is 11.6 Å². The van der Waals surface area contributed by atoms with E-state index >= 15 is 8.78 Å². The van der Waals surface area contributed by atoms with Gasteiger partial charge in [0.1, 0.15) is 17.4 Å². The monoisotopic (exact) mass is 618 g/mol. The number of aromatic nitrogens is 2. The average Bonchev–Trinajstić information content (AvgIpc) is 2.98. The molecule has 2 aliphatic rings. The van der Waals surface area contributed by atoms with Gasteiger partial charge in [-0.15, -0.1) is 0 Å². The summed E-state index contributed by atoms with van der Waals surface area (Å²) in [4.78, 5) is 35.8. The van der Waals surface area contributed by atoms with E-state index in [1.807, 2.05) is 27.7 Å². The fourth-order valence-electron chi connectivity index (χ4n) is 6.84. The maximum absolute atomic E-state index is 16.3. The number of aryl methyl sites for hydroxylation is 1. The van der Waals surface area contributed by atoms with Crippen molar-refractivity contribution in [2.45, 2.75) is 58.5 Å². The molecule has 1 N–H and O–H groups in total. The zero-order valence-electron chi connectivity index (χ0n) is 25.0. The number of nitrogens with zero attached hydrogens (tertiary/aromatic N) is 4. The van der Waals surface area contributed by atoms with E-state index in [-0.39, 0.29) is 51.1 Å². The van der Waals surface area contributed by atoms with Gasteiger partial charge < -0.3 is 14.9 Å². The summed E-state index contributed by atoms with van der Waals surface area (Å²) < 4.78 is 33.0. The molecular formula is C34H33ClF2N4O3. The van der Waals surface area contributed by atoms with Gasteiger partial charge in [0.25, 0.3) is 5.56 Å². The summed E-state index contributed by atoms with van der Waals surface area (Å²) in [6.07, 6.45) is 4.00. The molecular weight excluding hydrogens is 586 g/mol. The molecule has 7 nitrogen and oxygen atoms in total. The van der Waals surface area contributed by atoms with E-state index in [0.29, 0.717) is 53.9 Å². The number of aromatic hydroxyl groups is 1. The maximum Gasteiger partial charge on any atom is 0.261 e. The Morgan fingerprint density at radius 2 is 1.91 bits per heavy atom. The quantitative estimate of drug-likeness (QED) is 0.259.